The van der Waals surface area contributed by atoms with Gasteiger partial charge >= 0.3 is 11.9 Å². The van der Waals surface area contributed by atoms with E-state index in [1.54, 1.807) is 24.3 Å². The first-order valence-corrected chi connectivity index (χ1v) is 17.1. The van der Waals surface area contributed by atoms with Crippen molar-refractivity contribution in [2.24, 2.45) is 0 Å². The van der Waals surface area contributed by atoms with Crippen LogP contribution in [-0.4, -0.2) is 24.1 Å². The maximum Gasteiger partial charge on any atom is 0.339 e. The number of hydrogen-bond donors (Lipinski definition) is 0. The molecule has 1 aromatic rings. The Morgan fingerprint density at radius 2 is 0.775 bits per heavy atom. The Balaban J connectivity index is 2.72. The van der Waals surface area contributed by atoms with Crippen LogP contribution < -0.4 is 0 Å². The second-order valence-electron chi connectivity index (χ2n) is 11.7. The molecule has 0 fully saturated rings. The average Bonchev–Trinajstić information content (AvgIpc) is 2.97. The third-order valence-corrected chi connectivity index (χ3v) is 7.93. The van der Waals surface area contributed by atoms with E-state index in [9.17, 15) is 9.59 Å². The molecule has 0 aromatic heterocycles. The molecule has 0 amide bonds. The molecule has 0 aliphatic heterocycles. The summed E-state index contributed by atoms with van der Waals surface area (Å²) >= 11 is 0. The predicted molar refractivity (Wildman–Crippen MR) is 169 cm³/mol. The molecule has 2 atom stereocenters. The van der Waals surface area contributed by atoms with Gasteiger partial charge in [-0.25, -0.2) is 9.59 Å². The van der Waals surface area contributed by atoms with E-state index in [4.69, 9.17) is 9.47 Å². The Kier molecular flexibility index (Phi) is 22.5. The minimum Gasteiger partial charge on any atom is -0.459 e. The van der Waals surface area contributed by atoms with Gasteiger partial charge in [-0.1, -0.05) is 143 Å². The average molecular weight is 559 g/mol. The first-order valence-electron chi connectivity index (χ1n) is 17.1. The maximum atomic E-state index is 13.3. The molecule has 0 spiro atoms. The number of ether oxygens (including phenoxy) is 2. The summed E-state index contributed by atoms with van der Waals surface area (Å²) in [4.78, 5) is 26.6. The Hall–Kier alpha value is -1.84. The van der Waals surface area contributed by atoms with Gasteiger partial charge in [-0.15, -0.1) is 0 Å². The molecular weight excluding hydrogens is 496 g/mol. The van der Waals surface area contributed by atoms with Crippen molar-refractivity contribution >= 4 is 11.9 Å². The van der Waals surface area contributed by atoms with Crippen molar-refractivity contribution in [1.82, 2.24) is 0 Å². The predicted octanol–water partition coefficient (Wildman–Crippen LogP) is 11.4. The Morgan fingerprint density at radius 1 is 0.475 bits per heavy atom. The van der Waals surface area contributed by atoms with Gasteiger partial charge in [0.2, 0.25) is 0 Å². The van der Waals surface area contributed by atoms with E-state index in [2.05, 4.69) is 27.7 Å². The van der Waals surface area contributed by atoms with Gasteiger partial charge in [0, 0.05) is 0 Å². The van der Waals surface area contributed by atoms with Gasteiger partial charge in [-0.3, -0.25) is 0 Å². The van der Waals surface area contributed by atoms with Crippen LogP contribution >= 0.6 is 0 Å². The fourth-order valence-corrected chi connectivity index (χ4v) is 5.32. The first-order chi connectivity index (χ1) is 19.6. The molecule has 40 heavy (non-hydrogen) atoms. The minimum atomic E-state index is -0.395. The smallest absolute Gasteiger partial charge is 0.339 e. The largest absolute Gasteiger partial charge is 0.459 e. The normalized spacial score (nSPS) is 12.7. The van der Waals surface area contributed by atoms with Crippen molar-refractivity contribution in [2.75, 3.05) is 0 Å². The van der Waals surface area contributed by atoms with Crippen LogP contribution in [0.5, 0.6) is 0 Å². The van der Waals surface area contributed by atoms with Crippen LogP contribution in [-0.2, 0) is 9.47 Å². The fraction of sp³-hybridized carbons (Fsp3) is 0.778. The summed E-state index contributed by atoms with van der Waals surface area (Å²) in [6.45, 7) is 8.82. The quantitative estimate of drug-likeness (QED) is 0.0838. The second kappa shape index (κ2) is 24.9. The standard InChI is InChI=1S/C36H62O4/c1-5-9-13-15-17-19-21-27-31(25-11-7-3)39-35(37)33-29-23-24-30-34(33)36(38)40-32(26-12-8-4)28-22-20-18-16-14-10-6-2/h23-24,29-32H,5-22,25-28H2,1-4H3. The number of esters is 2. The van der Waals surface area contributed by atoms with E-state index in [1.165, 1.54) is 77.0 Å². The van der Waals surface area contributed by atoms with Crippen molar-refractivity contribution in [1.29, 1.82) is 0 Å². The van der Waals surface area contributed by atoms with Crippen LogP contribution in [0.4, 0.5) is 0 Å². The van der Waals surface area contributed by atoms with Crippen LogP contribution in [0.3, 0.4) is 0 Å². The molecular formula is C36H62O4. The third kappa shape index (κ3) is 17.1. The molecule has 0 N–H and O–H groups in total. The molecule has 0 saturated carbocycles. The topological polar surface area (TPSA) is 52.6 Å². The minimum absolute atomic E-state index is 0.0956. The van der Waals surface area contributed by atoms with Gasteiger partial charge in [0.05, 0.1) is 11.1 Å². The molecule has 1 aromatic carbocycles. The van der Waals surface area contributed by atoms with Crippen LogP contribution in [0.2, 0.25) is 0 Å². The summed E-state index contributed by atoms with van der Waals surface area (Å²) in [5.41, 5.74) is 0.664. The zero-order valence-corrected chi connectivity index (χ0v) is 26.7. The number of unbranched alkanes of at least 4 members (excludes halogenated alkanes) is 14. The molecule has 4 heteroatoms. The number of rotatable bonds is 26. The molecule has 0 aliphatic rings. The number of carbonyl (C=O) groups excluding carboxylic acids is 2. The Morgan fingerprint density at radius 3 is 1.12 bits per heavy atom. The lowest BCUT2D eigenvalue weighted by atomic mass is 10.0. The number of carbonyl (C=O) groups is 2. The second-order valence-corrected chi connectivity index (χ2v) is 11.7. The third-order valence-electron chi connectivity index (χ3n) is 7.93. The van der Waals surface area contributed by atoms with Crippen LogP contribution in [0, 0.1) is 0 Å². The highest BCUT2D eigenvalue weighted by atomic mass is 16.5. The monoisotopic (exact) mass is 558 g/mol. The number of benzene rings is 1. The highest BCUT2D eigenvalue weighted by Gasteiger charge is 2.24. The zero-order valence-electron chi connectivity index (χ0n) is 26.7. The summed E-state index contributed by atoms with van der Waals surface area (Å²) in [5, 5.41) is 0. The summed E-state index contributed by atoms with van der Waals surface area (Å²) < 4.78 is 12.0. The molecule has 0 radical (unpaired) electrons. The maximum absolute atomic E-state index is 13.3. The van der Waals surface area contributed by atoms with Crippen molar-refractivity contribution < 1.29 is 19.1 Å². The molecule has 0 saturated heterocycles. The van der Waals surface area contributed by atoms with Crippen LogP contribution in [0.25, 0.3) is 0 Å². The van der Waals surface area contributed by atoms with Crippen molar-refractivity contribution in [3.63, 3.8) is 0 Å². The molecule has 0 heterocycles. The van der Waals surface area contributed by atoms with Gasteiger partial charge in [-0.05, 0) is 50.7 Å². The zero-order chi connectivity index (χ0) is 29.3. The SMILES string of the molecule is CCCCCCCCCC(CCCC)OC(=O)c1ccccc1C(=O)OC(CCCC)CCCCCCCCC. The molecule has 2 unspecified atom stereocenters. The molecule has 4 nitrogen and oxygen atoms in total. The summed E-state index contributed by atoms with van der Waals surface area (Å²) in [7, 11) is 0. The van der Waals surface area contributed by atoms with Gasteiger partial charge in [0.25, 0.3) is 0 Å². The van der Waals surface area contributed by atoms with Gasteiger partial charge < -0.3 is 9.47 Å². The summed E-state index contributed by atoms with van der Waals surface area (Å²) in [5.74, 6) is -0.789. The van der Waals surface area contributed by atoms with E-state index in [1.807, 2.05) is 0 Å². The molecule has 1 rings (SSSR count). The van der Waals surface area contributed by atoms with E-state index in [-0.39, 0.29) is 12.2 Å². The van der Waals surface area contributed by atoms with Crippen molar-refractivity contribution in [2.45, 2.75) is 181 Å². The lowest BCUT2D eigenvalue weighted by molar-refractivity contribution is 0.0202. The van der Waals surface area contributed by atoms with Gasteiger partial charge in [0.15, 0.2) is 0 Å². The highest BCUT2D eigenvalue weighted by molar-refractivity contribution is 6.03. The van der Waals surface area contributed by atoms with E-state index < -0.39 is 11.9 Å². The van der Waals surface area contributed by atoms with Crippen molar-refractivity contribution in [3.05, 3.63) is 35.4 Å². The van der Waals surface area contributed by atoms with Gasteiger partial charge in [-0.2, -0.15) is 0 Å². The molecule has 0 bridgehead atoms. The van der Waals surface area contributed by atoms with Crippen LogP contribution in [0.15, 0.2) is 24.3 Å². The lowest BCUT2D eigenvalue weighted by Gasteiger charge is -2.20. The van der Waals surface area contributed by atoms with E-state index >= 15 is 0 Å². The number of hydrogen-bond acceptors (Lipinski definition) is 4. The van der Waals surface area contributed by atoms with Crippen molar-refractivity contribution in [3.8, 4) is 0 Å². The van der Waals surface area contributed by atoms with E-state index in [0.717, 1.165) is 64.2 Å². The van der Waals surface area contributed by atoms with Gasteiger partial charge in [0.1, 0.15) is 12.2 Å². The summed E-state index contributed by atoms with van der Waals surface area (Å²) in [6, 6.07) is 7.03. The fourth-order valence-electron chi connectivity index (χ4n) is 5.32. The lowest BCUT2D eigenvalue weighted by Crippen LogP contribution is -2.23. The first kappa shape index (κ1) is 36.2. The Bertz CT molecular complexity index is 696. The van der Waals surface area contributed by atoms with Crippen LogP contribution in [0.1, 0.15) is 190 Å². The van der Waals surface area contributed by atoms with E-state index in [0.29, 0.717) is 11.1 Å². The molecule has 230 valence electrons. The molecule has 0 aliphatic carbocycles. The highest BCUT2D eigenvalue weighted by Crippen LogP contribution is 2.21. The Labute approximate surface area is 247 Å². The summed E-state index contributed by atoms with van der Waals surface area (Å²) in [6.07, 6.45) is 25.0.